The smallest absolute Gasteiger partial charge is 0.339 e. The van der Waals surface area contributed by atoms with Gasteiger partial charge >= 0.3 is 5.97 Å². The molecule has 0 unspecified atom stereocenters. The predicted octanol–water partition coefficient (Wildman–Crippen LogP) is 6.59. The lowest BCUT2D eigenvalue weighted by Crippen LogP contribution is -2.29. The van der Waals surface area contributed by atoms with Gasteiger partial charge in [-0.15, -0.1) is 0 Å². The van der Waals surface area contributed by atoms with E-state index in [0.29, 0.717) is 11.3 Å². The molecule has 0 amide bonds. The number of hydrogen-bond donors (Lipinski definition) is 0. The molecular formula is C31H35N3O3. The highest BCUT2D eigenvalue weighted by molar-refractivity contribution is 5.82. The molecule has 6 nitrogen and oxygen atoms in total. The molecule has 5 rings (SSSR count). The van der Waals surface area contributed by atoms with E-state index in [2.05, 4.69) is 49.4 Å². The molecular weight excluding hydrogens is 462 g/mol. The van der Waals surface area contributed by atoms with Gasteiger partial charge in [0.15, 0.2) is 11.8 Å². The van der Waals surface area contributed by atoms with E-state index >= 15 is 0 Å². The van der Waals surface area contributed by atoms with E-state index in [1.165, 1.54) is 31.1 Å². The summed E-state index contributed by atoms with van der Waals surface area (Å²) in [6.07, 6.45) is 3.79. The van der Waals surface area contributed by atoms with Crippen LogP contribution in [0.2, 0.25) is 0 Å². The SMILES string of the molecule is COC(=O)[C@@H](OC(C)(C)C)c1c(C)nc2cc(-c3ccc4c(c3)CCCC4)nn2c1-c1ccc(C)cc1. The minimum absolute atomic E-state index is 0.463. The number of carbonyl (C=O) groups is 1. The monoisotopic (exact) mass is 497 g/mol. The summed E-state index contributed by atoms with van der Waals surface area (Å²) in [6.45, 7) is 9.76. The molecule has 37 heavy (non-hydrogen) atoms. The van der Waals surface area contributed by atoms with Crippen molar-refractivity contribution >= 4 is 11.6 Å². The molecule has 0 saturated heterocycles. The van der Waals surface area contributed by atoms with E-state index in [1.807, 2.05) is 38.3 Å². The van der Waals surface area contributed by atoms with Crippen LogP contribution in [0.1, 0.15) is 67.7 Å². The summed E-state index contributed by atoms with van der Waals surface area (Å²) >= 11 is 0. The molecule has 6 heteroatoms. The molecule has 0 N–H and O–H groups in total. The molecule has 1 aliphatic carbocycles. The predicted molar refractivity (Wildman–Crippen MR) is 146 cm³/mol. The number of esters is 1. The third-order valence-corrected chi connectivity index (χ3v) is 6.95. The molecule has 1 aliphatic rings. The van der Waals surface area contributed by atoms with Crippen LogP contribution in [0, 0.1) is 13.8 Å². The molecule has 0 fully saturated rings. The first kappa shape index (κ1) is 25.2. The van der Waals surface area contributed by atoms with Crippen LogP contribution >= 0.6 is 0 Å². The zero-order valence-electron chi connectivity index (χ0n) is 22.6. The summed E-state index contributed by atoms with van der Waals surface area (Å²) in [5.74, 6) is -0.463. The van der Waals surface area contributed by atoms with Crippen molar-refractivity contribution in [2.75, 3.05) is 7.11 Å². The van der Waals surface area contributed by atoms with E-state index in [0.717, 1.165) is 46.6 Å². The molecule has 192 valence electrons. The average Bonchev–Trinajstić information content (AvgIpc) is 3.29. The standard InChI is InChI=1S/C31H35N3O3/c1-19-11-13-22(14-12-19)28-27(29(30(35)36-6)37-31(3,4)5)20(2)32-26-18-25(33-34(26)28)24-16-15-21-9-7-8-10-23(21)17-24/h11-18,29H,7-10H2,1-6H3/t29-/m0/s1. The molecule has 0 radical (unpaired) electrons. The number of rotatable bonds is 5. The maximum absolute atomic E-state index is 13.1. The summed E-state index contributed by atoms with van der Waals surface area (Å²) in [7, 11) is 1.39. The number of fused-ring (bicyclic) bond motifs is 2. The zero-order chi connectivity index (χ0) is 26.3. The fraction of sp³-hybridized carbons (Fsp3) is 0.387. The van der Waals surface area contributed by atoms with Crippen LogP contribution in [-0.2, 0) is 27.1 Å². The zero-order valence-corrected chi connectivity index (χ0v) is 22.6. The summed E-state index contributed by atoms with van der Waals surface area (Å²) in [4.78, 5) is 18.0. The Labute approximate surface area is 218 Å². The number of carbonyl (C=O) groups excluding carboxylic acids is 1. The number of benzene rings is 2. The number of aromatic nitrogens is 3. The lowest BCUT2D eigenvalue weighted by atomic mass is 9.90. The number of methoxy groups -OCH3 is 1. The quantitative estimate of drug-likeness (QED) is 0.291. The second kappa shape index (κ2) is 9.75. The minimum Gasteiger partial charge on any atom is -0.467 e. The van der Waals surface area contributed by atoms with Crippen LogP contribution in [0.25, 0.3) is 28.2 Å². The van der Waals surface area contributed by atoms with Gasteiger partial charge in [-0.2, -0.15) is 5.10 Å². The normalized spacial score (nSPS) is 14.4. The Kier molecular flexibility index (Phi) is 6.63. The average molecular weight is 498 g/mol. The molecule has 0 bridgehead atoms. The van der Waals surface area contributed by atoms with Crippen molar-refractivity contribution in [3.63, 3.8) is 0 Å². The Morgan fingerprint density at radius 3 is 2.30 bits per heavy atom. The highest BCUT2D eigenvalue weighted by atomic mass is 16.6. The molecule has 0 saturated carbocycles. The fourth-order valence-electron chi connectivity index (χ4n) is 5.16. The van der Waals surface area contributed by atoms with Gasteiger partial charge in [-0.1, -0.05) is 42.0 Å². The van der Waals surface area contributed by atoms with Crippen molar-refractivity contribution in [2.24, 2.45) is 0 Å². The second-order valence-corrected chi connectivity index (χ2v) is 10.9. The third kappa shape index (κ3) is 5.03. The van der Waals surface area contributed by atoms with E-state index < -0.39 is 17.7 Å². The maximum Gasteiger partial charge on any atom is 0.339 e. The molecule has 0 aliphatic heterocycles. The van der Waals surface area contributed by atoms with Crippen LogP contribution in [0.15, 0.2) is 48.5 Å². The number of aryl methyl sites for hydroxylation is 4. The van der Waals surface area contributed by atoms with Crippen molar-refractivity contribution in [3.05, 3.63) is 76.5 Å². The minimum atomic E-state index is -0.949. The van der Waals surface area contributed by atoms with Crippen LogP contribution in [-0.4, -0.2) is 33.3 Å². The third-order valence-electron chi connectivity index (χ3n) is 6.95. The van der Waals surface area contributed by atoms with E-state index in [9.17, 15) is 4.79 Å². The topological polar surface area (TPSA) is 65.7 Å². The first-order valence-electron chi connectivity index (χ1n) is 13.0. The molecule has 2 aromatic heterocycles. The first-order valence-corrected chi connectivity index (χ1v) is 13.0. The van der Waals surface area contributed by atoms with Gasteiger partial charge in [-0.25, -0.2) is 14.3 Å². The van der Waals surface area contributed by atoms with Gasteiger partial charge < -0.3 is 9.47 Å². The highest BCUT2D eigenvalue weighted by Gasteiger charge is 2.34. The Balaban J connectivity index is 1.75. The lowest BCUT2D eigenvalue weighted by molar-refractivity contribution is -0.164. The van der Waals surface area contributed by atoms with Crippen LogP contribution in [0.3, 0.4) is 0 Å². The van der Waals surface area contributed by atoms with Gasteiger partial charge in [0.25, 0.3) is 0 Å². The number of hydrogen-bond acceptors (Lipinski definition) is 5. The Morgan fingerprint density at radius 2 is 1.62 bits per heavy atom. The Hall–Kier alpha value is -3.51. The Bertz CT molecular complexity index is 1460. The van der Waals surface area contributed by atoms with Crippen molar-refractivity contribution < 1.29 is 14.3 Å². The second-order valence-electron chi connectivity index (χ2n) is 10.9. The number of nitrogens with zero attached hydrogens (tertiary/aromatic N) is 3. The summed E-state index contributed by atoms with van der Waals surface area (Å²) in [5.41, 5.74) is 9.18. The van der Waals surface area contributed by atoms with Crippen molar-refractivity contribution in [3.8, 4) is 22.5 Å². The van der Waals surface area contributed by atoms with E-state index in [4.69, 9.17) is 19.6 Å². The first-order chi connectivity index (χ1) is 17.6. The molecule has 4 aromatic rings. The summed E-state index contributed by atoms with van der Waals surface area (Å²) in [5, 5.41) is 5.04. The van der Waals surface area contributed by atoms with Crippen LogP contribution in [0.5, 0.6) is 0 Å². The Morgan fingerprint density at radius 1 is 0.946 bits per heavy atom. The van der Waals surface area contributed by atoms with Crippen molar-refractivity contribution in [1.82, 2.24) is 14.6 Å². The largest absolute Gasteiger partial charge is 0.467 e. The van der Waals surface area contributed by atoms with Gasteiger partial charge in [0, 0.05) is 28.5 Å². The van der Waals surface area contributed by atoms with Crippen molar-refractivity contribution in [1.29, 1.82) is 0 Å². The van der Waals surface area contributed by atoms with Gasteiger partial charge in [0.05, 0.1) is 24.1 Å². The molecule has 0 spiro atoms. The van der Waals surface area contributed by atoms with Gasteiger partial charge in [-0.05, 0) is 77.5 Å². The van der Waals surface area contributed by atoms with Gasteiger partial charge in [-0.3, -0.25) is 0 Å². The molecule has 2 heterocycles. The van der Waals surface area contributed by atoms with E-state index in [1.54, 1.807) is 0 Å². The van der Waals surface area contributed by atoms with E-state index in [-0.39, 0.29) is 0 Å². The van der Waals surface area contributed by atoms with Crippen LogP contribution < -0.4 is 0 Å². The highest BCUT2D eigenvalue weighted by Crippen LogP contribution is 2.37. The van der Waals surface area contributed by atoms with Gasteiger partial charge in [0.1, 0.15) is 0 Å². The lowest BCUT2D eigenvalue weighted by Gasteiger charge is -2.28. The summed E-state index contributed by atoms with van der Waals surface area (Å²) < 4.78 is 13.3. The van der Waals surface area contributed by atoms with Crippen molar-refractivity contribution in [2.45, 2.75) is 72.0 Å². The van der Waals surface area contributed by atoms with Gasteiger partial charge in [0.2, 0.25) is 0 Å². The fourth-order valence-corrected chi connectivity index (χ4v) is 5.16. The number of ether oxygens (including phenoxy) is 2. The summed E-state index contributed by atoms with van der Waals surface area (Å²) in [6, 6.07) is 16.9. The molecule has 1 atom stereocenters. The van der Waals surface area contributed by atoms with Crippen LogP contribution in [0.4, 0.5) is 0 Å². The molecule has 2 aromatic carbocycles. The maximum atomic E-state index is 13.1.